The van der Waals surface area contributed by atoms with Crippen molar-refractivity contribution in [2.24, 2.45) is 0 Å². The molecule has 0 saturated carbocycles. The van der Waals surface area contributed by atoms with Crippen molar-refractivity contribution in [3.63, 3.8) is 0 Å². The number of para-hydroxylation sites is 1. The van der Waals surface area contributed by atoms with Crippen LogP contribution in [-0.4, -0.2) is 12.5 Å². The number of carbonyl (C=O) groups excluding carboxylic acids is 1. The summed E-state index contributed by atoms with van der Waals surface area (Å²) >= 11 is 0. The number of aryl methyl sites for hydroxylation is 1. The van der Waals surface area contributed by atoms with E-state index < -0.39 is 0 Å². The zero-order valence-electron chi connectivity index (χ0n) is 13.2. The summed E-state index contributed by atoms with van der Waals surface area (Å²) in [5, 5.41) is 0. The van der Waals surface area contributed by atoms with Crippen LogP contribution in [0.5, 0.6) is 0 Å². The molecule has 1 aromatic heterocycles. The third-order valence-corrected chi connectivity index (χ3v) is 3.98. The molecule has 0 aliphatic carbocycles. The second-order valence-electron chi connectivity index (χ2n) is 5.28. The van der Waals surface area contributed by atoms with Crippen LogP contribution in [0.2, 0.25) is 0 Å². The Balaban J connectivity index is 2.31. The molecule has 0 N–H and O–H groups in total. The molecule has 1 amide bonds. The number of anilines is 1. The van der Waals surface area contributed by atoms with E-state index in [4.69, 9.17) is 0 Å². The molecule has 2 rings (SSSR count). The molecule has 0 fully saturated rings. The van der Waals surface area contributed by atoms with Crippen LogP contribution >= 0.6 is 0 Å². The highest BCUT2D eigenvalue weighted by Gasteiger charge is 2.29. The predicted octanol–water partition coefficient (Wildman–Crippen LogP) is 3.21. The first-order valence-corrected chi connectivity index (χ1v) is 7.40. The highest BCUT2D eigenvalue weighted by Crippen LogP contribution is 2.16. The second kappa shape index (κ2) is 6.53. The lowest BCUT2D eigenvalue weighted by molar-refractivity contribution is -0.711. The van der Waals surface area contributed by atoms with Gasteiger partial charge in [0.2, 0.25) is 6.04 Å². The third-order valence-electron chi connectivity index (χ3n) is 3.98. The van der Waals surface area contributed by atoms with E-state index in [-0.39, 0.29) is 11.9 Å². The molecule has 0 bridgehead atoms. The second-order valence-corrected chi connectivity index (χ2v) is 5.28. The quantitative estimate of drug-likeness (QED) is 0.791. The van der Waals surface area contributed by atoms with Crippen molar-refractivity contribution in [3.05, 3.63) is 59.9 Å². The molecule has 0 aliphatic heterocycles. The largest absolute Gasteiger partial charge is 0.307 e. The van der Waals surface area contributed by atoms with Crippen molar-refractivity contribution in [1.82, 2.24) is 0 Å². The molecule has 0 saturated heterocycles. The van der Waals surface area contributed by atoms with Gasteiger partial charge in [-0.3, -0.25) is 4.79 Å². The minimum atomic E-state index is -0.218. The van der Waals surface area contributed by atoms with E-state index in [0.29, 0.717) is 6.54 Å². The molecule has 1 atom stereocenters. The van der Waals surface area contributed by atoms with E-state index in [1.165, 1.54) is 5.56 Å². The van der Waals surface area contributed by atoms with Crippen LogP contribution in [0.25, 0.3) is 0 Å². The molecule has 1 heterocycles. The van der Waals surface area contributed by atoms with Gasteiger partial charge in [0.15, 0.2) is 11.9 Å². The van der Waals surface area contributed by atoms with Gasteiger partial charge in [-0.15, -0.1) is 0 Å². The maximum Gasteiger partial charge on any atom is 0.295 e. The first-order chi connectivity index (χ1) is 10.1. The number of aromatic nitrogens is 1. The number of likely N-dealkylation sites (N-methyl/N-ethyl adjacent to an activating group) is 1. The van der Waals surface area contributed by atoms with Crippen molar-refractivity contribution in [2.75, 3.05) is 11.4 Å². The fraction of sp³-hybridized carbons (Fsp3) is 0.333. The van der Waals surface area contributed by atoms with E-state index in [2.05, 4.69) is 19.9 Å². The molecular weight excluding hydrogens is 260 g/mol. The van der Waals surface area contributed by atoms with E-state index in [0.717, 1.165) is 11.4 Å². The van der Waals surface area contributed by atoms with Gasteiger partial charge in [0.25, 0.3) is 5.91 Å². The molecule has 1 aromatic carbocycles. The molecule has 0 spiro atoms. The summed E-state index contributed by atoms with van der Waals surface area (Å²) in [4.78, 5) is 14.7. The summed E-state index contributed by atoms with van der Waals surface area (Å²) in [6.07, 6.45) is 1.98. The Labute approximate surface area is 126 Å². The van der Waals surface area contributed by atoms with E-state index in [1.807, 2.05) is 65.9 Å². The monoisotopic (exact) mass is 283 g/mol. The Bertz CT molecular complexity index is 622. The topological polar surface area (TPSA) is 24.2 Å². The van der Waals surface area contributed by atoms with Crippen LogP contribution in [0.3, 0.4) is 0 Å². The van der Waals surface area contributed by atoms with Crippen LogP contribution in [0, 0.1) is 13.8 Å². The zero-order valence-corrected chi connectivity index (χ0v) is 13.2. The molecule has 0 aliphatic rings. The SMILES string of the molecule is CCN(C(=O)[C@@H](C)[n+]1cccc(C)c1C)c1ccccc1. The van der Waals surface area contributed by atoms with Gasteiger partial charge >= 0.3 is 0 Å². The minimum Gasteiger partial charge on any atom is -0.307 e. The van der Waals surface area contributed by atoms with Crippen molar-refractivity contribution >= 4 is 11.6 Å². The highest BCUT2D eigenvalue weighted by atomic mass is 16.2. The summed E-state index contributed by atoms with van der Waals surface area (Å²) in [5.74, 6) is 0.113. The van der Waals surface area contributed by atoms with Crippen LogP contribution in [0.15, 0.2) is 48.7 Å². The average Bonchev–Trinajstić information content (AvgIpc) is 2.51. The van der Waals surface area contributed by atoms with Gasteiger partial charge in [0.05, 0.1) is 0 Å². The average molecular weight is 283 g/mol. The number of amides is 1. The van der Waals surface area contributed by atoms with Crippen molar-refractivity contribution in [3.8, 4) is 0 Å². The summed E-state index contributed by atoms with van der Waals surface area (Å²) in [6.45, 7) is 8.75. The van der Waals surface area contributed by atoms with Gasteiger partial charge in [-0.2, -0.15) is 4.57 Å². The van der Waals surface area contributed by atoms with E-state index in [1.54, 1.807) is 0 Å². The summed E-state index contributed by atoms with van der Waals surface area (Å²) in [6, 6.07) is 13.7. The Hall–Kier alpha value is -2.16. The number of hydrogen-bond acceptors (Lipinski definition) is 1. The molecule has 3 heteroatoms. The normalized spacial score (nSPS) is 12.0. The van der Waals surface area contributed by atoms with Crippen LogP contribution in [0.1, 0.15) is 31.1 Å². The van der Waals surface area contributed by atoms with Crippen LogP contribution in [0.4, 0.5) is 5.69 Å². The molecule has 0 radical (unpaired) electrons. The highest BCUT2D eigenvalue weighted by molar-refractivity contribution is 5.94. The molecule has 2 aromatic rings. The predicted molar refractivity (Wildman–Crippen MR) is 85.3 cm³/mol. The molecular formula is C18H23N2O+. The standard InChI is InChI=1S/C18H23N2O/c1-5-19(17-11-7-6-8-12-17)18(21)16(4)20-13-9-10-14(2)15(20)3/h6-13,16H,5H2,1-4H3/q+1/t16-/m1/s1. The smallest absolute Gasteiger partial charge is 0.295 e. The Morgan fingerprint density at radius 3 is 2.43 bits per heavy atom. The van der Waals surface area contributed by atoms with Gasteiger partial charge in [-0.05, 0) is 32.0 Å². The van der Waals surface area contributed by atoms with Crippen molar-refractivity contribution < 1.29 is 9.36 Å². The first-order valence-electron chi connectivity index (χ1n) is 7.40. The number of pyridine rings is 1. The summed E-state index contributed by atoms with van der Waals surface area (Å²) in [5.41, 5.74) is 3.27. The number of rotatable bonds is 4. The molecule has 110 valence electrons. The van der Waals surface area contributed by atoms with Crippen molar-refractivity contribution in [1.29, 1.82) is 0 Å². The van der Waals surface area contributed by atoms with Crippen molar-refractivity contribution in [2.45, 2.75) is 33.7 Å². The number of carbonyl (C=O) groups is 1. The maximum absolute atomic E-state index is 12.8. The molecule has 0 unspecified atom stereocenters. The fourth-order valence-electron chi connectivity index (χ4n) is 2.55. The van der Waals surface area contributed by atoms with Gasteiger partial charge in [0.1, 0.15) is 0 Å². The lowest BCUT2D eigenvalue weighted by Gasteiger charge is -2.22. The third kappa shape index (κ3) is 3.13. The van der Waals surface area contributed by atoms with E-state index in [9.17, 15) is 4.79 Å². The Morgan fingerprint density at radius 2 is 1.81 bits per heavy atom. The fourth-order valence-corrected chi connectivity index (χ4v) is 2.55. The number of nitrogens with zero attached hydrogens (tertiary/aromatic N) is 2. The van der Waals surface area contributed by atoms with Gasteiger partial charge in [-0.25, -0.2) is 0 Å². The minimum absolute atomic E-state index is 0.113. The maximum atomic E-state index is 12.8. The summed E-state index contributed by atoms with van der Waals surface area (Å²) < 4.78 is 2.04. The van der Waals surface area contributed by atoms with Gasteiger partial charge in [-0.1, -0.05) is 18.2 Å². The number of benzene rings is 1. The first kappa shape index (κ1) is 15.2. The Kier molecular flexibility index (Phi) is 4.73. The Morgan fingerprint density at radius 1 is 1.14 bits per heavy atom. The van der Waals surface area contributed by atoms with Gasteiger partial charge in [0, 0.05) is 37.7 Å². The van der Waals surface area contributed by atoms with Crippen LogP contribution < -0.4 is 9.47 Å². The van der Waals surface area contributed by atoms with E-state index >= 15 is 0 Å². The zero-order chi connectivity index (χ0) is 15.4. The lowest BCUT2D eigenvalue weighted by Crippen LogP contribution is -2.50. The summed E-state index contributed by atoms with van der Waals surface area (Å²) in [7, 11) is 0. The molecule has 21 heavy (non-hydrogen) atoms. The van der Waals surface area contributed by atoms with Gasteiger partial charge < -0.3 is 4.90 Å². The molecule has 3 nitrogen and oxygen atoms in total. The number of hydrogen-bond donors (Lipinski definition) is 0. The lowest BCUT2D eigenvalue weighted by atomic mass is 10.1. The van der Waals surface area contributed by atoms with Crippen LogP contribution in [-0.2, 0) is 4.79 Å².